The number of amides is 2. The van der Waals surface area contributed by atoms with Crippen molar-refractivity contribution in [3.05, 3.63) is 29.8 Å². The Labute approximate surface area is 145 Å². The number of nitrogens with zero attached hydrogens (tertiary/aromatic N) is 1. The fourth-order valence-electron chi connectivity index (χ4n) is 3.25. The maximum absolute atomic E-state index is 12.4. The summed E-state index contributed by atoms with van der Waals surface area (Å²) in [4.78, 5) is 26.5. The number of hydrogen-bond donors (Lipinski definition) is 1. The van der Waals surface area contributed by atoms with Crippen LogP contribution in [0.4, 0.5) is 5.69 Å². The smallest absolute Gasteiger partial charge is 0.233 e. The van der Waals surface area contributed by atoms with Gasteiger partial charge in [-0.1, -0.05) is 39.8 Å². The van der Waals surface area contributed by atoms with Crippen LogP contribution >= 0.6 is 0 Å². The summed E-state index contributed by atoms with van der Waals surface area (Å²) in [6, 6.07) is 8.15. The van der Waals surface area contributed by atoms with E-state index in [4.69, 9.17) is 0 Å². The van der Waals surface area contributed by atoms with E-state index in [-0.39, 0.29) is 23.7 Å². The third kappa shape index (κ3) is 4.83. The van der Waals surface area contributed by atoms with Crippen LogP contribution in [0.25, 0.3) is 0 Å². The van der Waals surface area contributed by atoms with E-state index in [0.29, 0.717) is 6.04 Å². The summed E-state index contributed by atoms with van der Waals surface area (Å²) in [5.74, 6) is -0.283. The Balaban J connectivity index is 1.91. The van der Waals surface area contributed by atoms with Gasteiger partial charge >= 0.3 is 0 Å². The zero-order valence-electron chi connectivity index (χ0n) is 15.4. The minimum Gasteiger partial charge on any atom is -0.339 e. The number of carbonyl (C=O) groups excluding carboxylic acids is 2. The largest absolute Gasteiger partial charge is 0.339 e. The maximum Gasteiger partial charge on any atom is 0.233 e. The van der Waals surface area contributed by atoms with Crippen LogP contribution in [0.1, 0.15) is 65.4 Å². The summed E-state index contributed by atoms with van der Waals surface area (Å²) in [5, 5.41) is 2.84. The fourth-order valence-corrected chi connectivity index (χ4v) is 3.25. The molecule has 1 aliphatic rings. The summed E-state index contributed by atoms with van der Waals surface area (Å²) in [6.07, 6.45) is 4.16. The van der Waals surface area contributed by atoms with Crippen LogP contribution in [0.5, 0.6) is 0 Å². The Morgan fingerprint density at radius 3 is 2.42 bits per heavy atom. The average molecular weight is 330 g/mol. The molecule has 132 valence electrons. The molecule has 1 aromatic rings. The Morgan fingerprint density at radius 1 is 1.17 bits per heavy atom. The Kier molecular flexibility index (Phi) is 6.03. The van der Waals surface area contributed by atoms with E-state index in [9.17, 15) is 9.59 Å². The molecule has 24 heavy (non-hydrogen) atoms. The second-order valence-electron chi connectivity index (χ2n) is 7.70. The van der Waals surface area contributed by atoms with Gasteiger partial charge in [0.25, 0.3) is 0 Å². The van der Waals surface area contributed by atoms with Crippen molar-refractivity contribution in [3.63, 3.8) is 0 Å². The molecule has 1 atom stereocenters. The molecule has 0 aromatic heterocycles. The Morgan fingerprint density at radius 2 is 1.83 bits per heavy atom. The Hall–Kier alpha value is -1.84. The lowest BCUT2D eigenvalue weighted by Gasteiger charge is -2.35. The molecule has 4 heteroatoms. The van der Waals surface area contributed by atoms with Crippen LogP contribution in [0, 0.1) is 0 Å². The number of anilines is 1. The monoisotopic (exact) mass is 330 g/mol. The molecule has 0 bridgehead atoms. The molecule has 1 aromatic carbocycles. The minimum atomic E-state index is -0.232. The predicted molar refractivity (Wildman–Crippen MR) is 98.0 cm³/mol. The molecule has 1 unspecified atom stereocenters. The van der Waals surface area contributed by atoms with Crippen molar-refractivity contribution in [2.75, 3.05) is 11.9 Å². The van der Waals surface area contributed by atoms with Crippen LogP contribution in [-0.4, -0.2) is 29.3 Å². The number of benzene rings is 1. The van der Waals surface area contributed by atoms with Gasteiger partial charge in [0.1, 0.15) is 6.42 Å². The minimum absolute atomic E-state index is 0.0506. The predicted octanol–water partition coefficient (Wildman–Crippen LogP) is 4.10. The molecule has 2 amide bonds. The maximum atomic E-state index is 12.4. The van der Waals surface area contributed by atoms with Gasteiger partial charge in [-0.2, -0.15) is 0 Å². The van der Waals surface area contributed by atoms with Gasteiger partial charge in [0.15, 0.2) is 0 Å². The molecule has 0 saturated carbocycles. The molecule has 0 aliphatic carbocycles. The van der Waals surface area contributed by atoms with Gasteiger partial charge in [-0.25, -0.2) is 0 Å². The van der Waals surface area contributed by atoms with Gasteiger partial charge in [0.2, 0.25) is 11.8 Å². The first kappa shape index (κ1) is 18.5. The van der Waals surface area contributed by atoms with Crippen molar-refractivity contribution >= 4 is 17.5 Å². The first-order valence-electron chi connectivity index (χ1n) is 9.01. The number of hydrogen-bond acceptors (Lipinski definition) is 2. The summed E-state index contributed by atoms with van der Waals surface area (Å²) in [7, 11) is 0. The van der Waals surface area contributed by atoms with Crippen molar-refractivity contribution in [1.82, 2.24) is 4.90 Å². The van der Waals surface area contributed by atoms with Gasteiger partial charge in [-0.15, -0.1) is 0 Å². The Bertz CT molecular complexity index is 572. The first-order chi connectivity index (χ1) is 11.3. The third-order valence-corrected chi connectivity index (χ3v) is 4.77. The SMILES string of the molecule is CCC1CCCCN1C(=O)CC(=O)Nc1ccc(C(C)(C)C)cc1. The normalized spacial score (nSPS) is 18.3. The molecular weight excluding hydrogens is 300 g/mol. The van der Waals surface area contributed by atoms with E-state index in [1.165, 1.54) is 12.0 Å². The number of piperidine rings is 1. The highest BCUT2D eigenvalue weighted by atomic mass is 16.2. The van der Waals surface area contributed by atoms with Crippen molar-refractivity contribution < 1.29 is 9.59 Å². The number of nitrogens with one attached hydrogen (secondary N) is 1. The van der Waals surface area contributed by atoms with E-state index < -0.39 is 0 Å². The lowest BCUT2D eigenvalue weighted by atomic mass is 9.87. The molecule has 2 rings (SSSR count). The standard InChI is InChI=1S/C20H30N2O2/c1-5-17-8-6-7-13-22(17)19(24)14-18(23)21-16-11-9-15(10-12-16)20(2,3)4/h9-12,17H,5-8,13-14H2,1-4H3,(H,21,23). The molecular formula is C20H30N2O2. The van der Waals surface area contributed by atoms with Gasteiger partial charge < -0.3 is 10.2 Å². The zero-order chi connectivity index (χ0) is 17.7. The summed E-state index contributed by atoms with van der Waals surface area (Å²) < 4.78 is 0. The lowest BCUT2D eigenvalue weighted by molar-refractivity contribution is -0.137. The highest BCUT2D eigenvalue weighted by Crippen LogP contribution is 2.24. The highest BCUT2D eigenvalue weighted by molar-refractivity contribution is 6.03. The van der Waals surface area contributed by atoms with E-state index >= 15 is 0 Å². The molecule has 0 radical (unpaired) electrons. The van der Waals surface area contributed by atoms with Gasteiger partial charge in [0.05, 0.1) is 0 Å². The fraction of sp³-hybridized carbons (Fsp3) is 0.600. The topological polar surface area (TPSA) is 49.4 Å². The first-order valence-corrected chi connectivity index (χ1v) is 9.01. The van der Waals surface area contributed by atoms with Crippen molar-refractivity contribution in [1.29, 1.82) is 0 Å². The lowest BCUT2D eigenvalue weighted by Crippen LogP contribution is -2.44. The second-order valence-corrected chi connectivity index (χ2v) is 7.70. The van der Waals surface area contributed by atoms with Gasteiger partial charge in [0, 0.05) is 18.3 Å². The second kappa shape index (κ2) is 7.82. The molecule has 4 nitrogen and oxygen atoms in total. The van der Waals surface area contributed by atoms with E-state index in [1.54, 1.807) is 0 Å². The van der Waals surface area contributed by atoms with Gasteiger partial charge in [-0.3, -0.25) is 9.59 Å². The van der Waals surface area contributed by atoms with Crippen molar-refractivity contribution in [2.45, 2.75) is 71.3 Å². The summed E-state index contributed by atoms with van der Waals surface area (Å²) >= 11 is 0. The zero-order valence-corrected chi connectivity index (χ0v) is 15.4. The van der Waals surface area contributed by atoms with Gasteiger partial charge in [-0.05, 0) is 48.8 Å². The van der Waals surface area contributed by atoms with E-state index in [0.717, 1.165) is 31.5 Å². The average Bonchev–Trinajstić information content (AvgIpc) is 2.54. The van der Waals surface area contributed by atoms with Crippen molar-refractivity contribution in [2.24, 2.45) is 0 Å². The molecule has 1 N–H and O–H groups in total. The number of carbonyl (C=O) groups is 2. The molecule has 1 aliphatic heterocycles. The van der Waals surface area contributed by atoms with Crippen LogP contribution in [0.3, 0.4) is 0 Å². The molecule has 1 saturated heterocycles. The number of rotatable bonds is 4. The van der Waals surface area contributed by atoms with E-state index in [2.05, 4.69) is 33.0 Å². The van der Waals surface area contributed by atoms with Crippen molar-refractivity contribution in [3.8, 4) is 0 Å². The summed E-state index contributed by atoms with van der Waals surface area (Å²) in [6.45, 7) is 9.35. The molecule has 0 spiro atoms. The molecule has 1 heterocycles. The van der Waals surface area contributed by atoms with Crippen LogP contribution < -0.4 is 5.32 Å². The third-order valence-electron chi connectivity index (χ3n) is 4.77. The van der Waals surface area contributed by atoms with Crippen LogP contribution in [-0.2, 0) is 15.0 Å². The summed E-state index contributed by atoms with van der Waals surface area (Å²) in [5.41, 5.74) is 2.05. The number of likely N-dealkylation sites (tertiary alicyclic amines) is 1. The highest BCUT2D eigenvalue weighted by Gasteiger charge is 2.26. The van der Waals surface area contributed by atoms with Crippen LogP contribution in [0.15, 0.2) is 24.3 Å². The van der Waals surface area contributed by atoms with Crippen LogP contribution in [0.2, 0.25) is 0 Å². The molecule has 1 fully saturated rings. The van der Waals surface area contributed by atoms with E-state index in [1.807, 2.05) is 29.2 Å². The quantitative estimate of drug-likeness (QED) is 0.845.